The predicted molar refractivity (Wildman–Crippen MR) is 91.8 cm³/mol. The Morgan fingerprint density at radius 3 is 1.35 bits per heavy atom. The molecule has 0 spiro atoms. The van der Waals surface area contributed by atoms with E-state index in [1.54, 1.807) is 0 Å². The third kappa shape index (κ3) is 4.55. The van der Waals surface area contributed by atoms with Crippen molar-refractivity contribution in [1.29, 1.82) is 0 Å². The van der Waals surface area contributed by atoms with E-state index >= 15 is 0 Å². The van der Waals surface area contributed by atoms with Gasteiger partial charge in [-0.15, -0.1) is 0 Å². The maximum Gasteiger partial charge on any atom is -0.0190 e. The molecule has 0 nitrogen and oxygen atoms in total. The average molecular weight is 264 g/mol. The van der Waals surface area contributed by atoms with Gasteiger partial charge in [0.1, 0.15) is 0 Å². The number of benzene rings is 2. The third-order valence-corrected chi connectivity index (χ3v) is 3.32. The summed E-state index contributed by atoms with van der Waals surface area (Å²) in [5, 5.41) is 0. The highest BCUT2D eigenvalue weighted by molar-refractivity contribution is 5.63. The average Bonchev–Trinajstić information content (AvgIpc) is 2.55. The zero-order valence-electron chi connectivity index (χ0n) is 12.6. The summed E-state index contributed by atoms with van der Waals surface area (Å²) in [7, 11) is 0. The number of hydrogen-bond donors (Lipinski definition) is 0. The van der Waals surface area contributed by atoms with Gasteiger partial charge in [-0.1, -0.05) is 87.7 Å². The van der Waals surface area contributed by atoms with Crippen LogP contribution in [0.25, 0.3) is 12.2 Å². The van der Waals surface area contributed by atoms with E-state index in [4.69, 9.17) is 0 Å². The van der Waals surface area contributed by atoms with E-state index in [9.17, 15) is 0 Å². The van der Waals surface area contributed by atoms with Gasteiger partial charge in [0.15, 0.2) is 0 Å². The molecule has 0 saturated carbocycles. The molecule has 104 valence electrons. The summed E-state index contributed by atoms with van der Waals surface area (Å²) in [6.45, 7) is 11.8. The Morgan fingerprint density at radius 2 is 1.05 bits per heavy atom. The van der Waals surface area contributed by atoms with Gasteiger partial charge >= 0.3 is 0 Å². The van der Waals surface area contributed by atoms with E-state index in [1.807, 2.05) is 36.4 Å². The summed E-state index contributed by atoms with van der Waals surface area (Å²) in [6.07, 6.45) is 5.97. The van der Waals surface area contributed by atoms with Crippen molar-refractivity contribution in [1.82, 2.24) is 0 Å². The molecule has 0 saturated heterocycles. The minimum absolute atomic E-state index is 1.14. The fraction of sp³-hybridized carbons (Fsp3) is 0.200. The second-order valence-corrected chi connectivity index (χ2v) is 4.51. The molecule has 0 heterocycles. The zero-order chi connectivity index (χ0) is 14.8. The van der Waals surface area contributed by atoms with Crippen LogP contribution in [0.3, 0.4) is 0 Å². The van der Waals surface area contributed by atoms with Crippen molar-refractivity contribution >= 4 is 12.2 Å². The number of rotatable bonds is 4. The first-order valence-electron chi connectivity index (χ1n) is 7.17. The summed E-state index contributed by atoms with van der Waals surface area (Å²) in [4.78, 5) is 0. The molecule has 0 N–H and O–H groups in total. The predicted octanol–water partition coefficient (Wildman–Crippen LogP) is 5.78. The first kappa shape index (κ1) is 16.0. The Labute approximate surface area is 123 Å². The van der Waals surface area contributed by atoms with Gasteiger partial charge in [0.05, 0.1) is 0 Å². The molecule has 0 heteroatoms. The van der Waals surface area contributed by atoms with Gasteiger partial charge in [0.2, 0.25) is 0 Å². The van der Waals surface area contributed by atoms with Crippen LogP contribution in [-0.4, -0.2) is 0 Å². The molecule has 0 aromatic heterocycles. The van der Waals surface area contributed by atoms with E-state index in [1.165, 1.54) is 11.1 Å². The molecule has 0 fully saturated rings. The highest BCUT2D eigenvalue weighted by Crippen LogP contribution is 2.10. The lowest BCUT2D eigenvalue weighted by Crippen LogP contribution is -1.88. The number of hydrogen-bond acceptors (Lipinski definition) is 0. The number of aryl methyl sites for hydroxylation is 2. The molecular formula is C20H24. The molecule has 0 radical (unpaired) electrons. The lowest BCUT2D eigenvalue weighted by atomic mass is 10.0. The Balaban J connectivity index is 0.000000200. The maximum atomic E-state index is 3.69. The van der Waals surface area contributed by atoms with Gasteiger partial charge in [-0.05, 0) is 35.1 Å². The smallest absolute Gasteiger partial charge is 0.0190 e. The molecule has 2 aromatic carbocycles. The standard InChI is InChI=1S/C10H14.C10H10/c2*1-3-9-7-5-6-8-10(9)4-2/h5-8H,3-4H2,1-2H3;3-8H,1-2H2. The van der Waals surface area contributed by atoms with Crippen molar-refractivity contribution in [3.8, 4) is 0 Å². The van der Waals surface area contributed by atoms with Crippen molar-refractivity contribution in [2.24, 2.45) is 0 Å². The van der Waals surface area contributed by atoms with Crippen LogP contribution in [-0.2, 0) is 12.8 Å². The summed E-state index contributed by atoms with van der Waals surface area (Å²) in [5.41, 5.74) is 5.25. The largest absolute Gasteiger partial charge is 0.0984 e. The molecule has 2 aromatic rings. The normalized spacial score (nSPS) is 9.30. The van der Waals surface area contributed by atoms with Crippen LogP contribution >= 0.6 is 0 Å². The molecule has 0 unspecified atom stereocenters. The lowest BCUT2D eigenvalue weighted by molar-refractivity contribution is 1.04. The molecule has 0 bridgehead atoms. The highest BCUT2D eigenvalue weighted by atomic mass is 14.0. The van der Waals surface area contributed by atoms with Crippen molar-refractivity contribution in [3.05, 3.63) is 83.9 Å². The Kier molecular flexibility index (Phi) is 7.13. The van der Waals surface area contributed by atoms with Crippen LogP contribution in [0.2, 0.25) is 0 Å². The van der Waals surface area contributed by atoms with Gasteiger partial charge in [0, 0.05) is 0 Å². The second-order valence-electron chi connectivity index (χ2n) is 4.51. The minimum atomic E-state index is 1.14. The van der Waals surface area contributed by atoms with Crippen molar-refractivity contribution in [2.45, 2.75) is 26.7 Å². The maximum absolute atomic E-state index is 3.69. The molecule has 2 rings (SSSR count). The second kappa shape index (κ2) is 8.92. The van der Waals surface area contributed by atoms with E-state index in [0.29, 0.717) is 0 Å². The fourth-order valence-electron chi connectivity index (χ4n) is 2.13. The first-order valence-corrected chi connectivity index (χ1v) is 7.17. The molecular weight excluding hydrogens is 240 g/mol. The quantitative estimate of drug-likeness (QED) is 0.656. The summed E-state index contributed by atoms with van der Waals surface area (Å²) in [6, 6.07) is 16.6. The Bertz CT molecular complexity index is 499. The van der Waals surface area contributed by atoms with Gasteiger partial charge in [-0.2, -0.15) is 0 Å². The van der Waals surface area contributed by atoms with E-state index in [-0.39, 0.29) is 0 Å². The van der Waals surface area contributed by atoms with Gasteiger partial charge in [-0.3, -0.25) is 0 Å². The van der Waals surface area contributed by atoms with Gasteiger partial charge in [-0.25, -0.2) is 0 Å². The fourth-order valence-corrected chi connectivity index (χ4v) is 2.13. The minimum Gasteiger partial charge on any atom is -0.0984 e. The van der Waals surface area contributed by atoms with Crippen LogP contribution < -0.4 is 0 Å². The molecule has 0 aliphatic carbocycles. The van der Waals surface area contributed by atoms with Crippen LogP contribution in [0.15, 0.2) is 61.7 Å². The van der Waals surface area contributed by atoms with E-state index in [0.717, 1.165) is 24.0 Å². The molecule has 0 amide bonds. The zero-order valence-corrected chi connectivity index (χ0v) is 12.6. The van der Waals surface area contributed by atoms with Crippen molar-refractivity contribution in [2.75, 3.05) is 0 Å². The highest BCUT2D eigenvalue weighted by Gasteiger charge is 1.94. The van der Waals surface area contributed by atoms with E-state index < -0.39 is 0 Å². The van der Waals surface area contributed by atoms with Crippen molar-refractivity contribution < 1.29 is 0 Å². The van der Waals surface area contributed by atoms with Gasteiger partial charge < -0.3 is 0 Å². The monoisotopic (exact) mass is 264 g/mol. The Morgan fingerprint density at radius 1 is 0.700 bits per heavy atom. The summed E-state index contributed by atoms with van der Waals surface area (Å²) in [5.74, 6) is 0. The lowest BCUT2D eigenvalue weighted by Gasteiger charge is -2.02. The Hall–Kier alpha value is -2.08. The molecule has 0 aliphatic rings. The van der Waals surface area contributed by atoms with E-state index in [2.05, 4.69) is 51.3 Å². The third-order valence-electron chi connectivity index (χ3n) is 3.32. The van der Waals surface area contributed by atoms with Crippen LogP contribution in [0.1, 0.15) is 36.1 Å². The molecule has 20 heavy (non-hydrogen) atoms. The first-order chi connectivity index (χ1) is 9.76. The van der Waals surface area contributed by atoms with Crippen LogP contribution in [0, 0.1) is 0 Å². The molecule has 0 aliphatic heterocycles. The SMILES string of the molecule is C=Cc1ccccc1C=C.CCc1ccccc1CC. The van der Waals surface area contributed by atoms with Crippen LogP contribution in [0.4, 0.5) is 0 Å². The summed E-state index contributed by atoms with van der Waals surface area (Å²) < 4.78 is 0. The summed E-state index contributed by atoms with van der Waals surface area (Å²) >= 11 is 0. The molecule has 0 atom stereocenters. The topological polar surface area (TPSA) is 0 Å². The van der Waals surface area contributed by atoms with Crippen molar-refractivity contribution in [3.63, 3.8) is 0 Å². The van der Waals surface area contributed by atoms with Crippen LogP contribution in [0.5, 0.6) is 0 Å². The van der Waals surface area contributed by atoms with Gasteiger partial charge in [0.25, 0.3) is 0 Å².